The van der Waals surface area contributed by atoms with Crippen LogP contribution in [0.2, 0.25) is 0 Å². The van der Waals surface area contributed by atoms with Crippen molar-refractivity contribution in [3.8, 4) is 0 Å². The Kier molecular flexibility index (Phi) is 8.15. The third-order valence-electron chi connectivity index (χ3n) is 2.63. The van der Waals surface area contributed by atoms with Gasteiger partial charge >= 0.3 is 0 Å². The molecule has 0 amide bonds. The number of hydrogen-bond donors (Lipinski definition) is 1. The average molecular weight is 204 g/mol. The molecule has 1 unspecified atom stereocenters. The highest BCUT2D eigenvalue weighted by molar-refractivity contribution is 4.70. The van der Waals surface area contributed by atoms with Crippen LogP contribution in [-0.2, 0) is 0 Å². The van der Waals surface area contributed by atoms with Crippen LogP contribution in [0.3, 0.4) is 0 Å². The molecule has 0 aliphatic carbocycles. The third kappa shape index (κ3) is 8.49. The van der Waals surface area contributed by atoms with Crippen LogP contribution in [0.5, 0.6) is 0 Å². The van der Waals surface area contributed by atoms with Gasteiger partial charge in [-0.3, -0.25) is 0 Å². The maximum atomic E-state index is 13.2. The summed E-state index contributed by atoms with van der Waals surface area (Å²) in [6, 6.07) is 0. The van der Waals surface area contributed by atoms with E-state index in [2.05, 4.69) is 6.92 Å². The number of aliphatic hydroxyl groups is 1. The summed E-state index contributed by atoms with van der Waals surface area (Å²) in [6.07, 6.45) is 8.88. The molecule has 0 aromatic rings. The van der Waals surface area contributed by atoms with E-state index in [1.165, 1.54) is 39.0 Å². The monoisotopic (exact) mass is 204 g/mol. The van der Waals surface area contributed by atoms with E-state index in [1.54, 1.807) is 0 Å². The van der Waals surface area contributed by atoms with Crippen molar-refractivity contribution in [2.75, 3.05) is 6.61 Å². The van der Waals surface area contributed by atoms with Gasteiger partial charge < -0.3 is 5.11 Å². The van der Waals surface area contributed by atoms with Crippen LogP contribution in [0, 0.1) is 0 Å². The van der Waals surface area contributed by atoms with Crippen molar-refractivity contribution < 1.29 is 9.50 Å². The van der Waals surface area contributed by atoms with Gasteiger partial charge in [0.15, 0.2) is 0 Å². The lowest BCUT2D eigenvalue weighted by Crippen LogP contribution is -2.22. The van der Waals surface area contributed by atoms with Gasteiger partial charge in [-0.05, 0) is 13.3 Å². The quantitative estimate of drug-likeness (QED) is 0.566. The largest absolute Gasteiger partial charge is 0.393 e. The van der Waals surface area contributed by atoms with Crippen molar-refractivity contribution >= 4 is 0 Å². The second-order valence-electron chi connectivity index (χ2n) is 4.44. The highest BCUT2D eigenvalue weighted by Gasteiger charge is 2.20. The number of hydrogen-bond acceptors (Lipinski definition) is 1. The normalized spacial score (nSPS) is 15.4. The predicted molar refractivity (Wildman–Crippen MR) is 59.2 cm³/mol. The molecule has 0 bridgehead atoms. The molecule has 14 heavy (non-hydrogen) atoms. The molecule has 86 valence electrons. The second-order valence-corrected chi connectivity index (χ2v) is 4.44. The lowest BCUT2D eigenvalue weighted by atomic mass is 10.00. The summed E-state index contributed by atoms with van der Waals surface area (Å²) in [4.78, 5) is 0. The highest BCUT2D eigenvalue weighted by atomic mass is 19.1. The molecule has 1 atom stereocenters. The van der Waals surface area contributed by atoms with Crippen LogP contribution < -0.4 is 0 Å². The fourth-order valence-corrected chi connectivity index (χ4v) is 1.53. The standard InChI is InChI=1S/C12H25FO/c1-3-4-5-6-7-8-9-10-12(2,13)11-14/h14H,3-11H2,1-2H3. The van der Waals surface area contributed by atoms with Crippen LogP contribution in [0.25, 0.3) is 0 Å². The van der Waals surface area contributed by atoms with E-state index in [1.807, 2.05) is 0 Å². The van der Waals surface area contributed by atoms with Gasteiger partial charge in [-0.15, -0.1) is 0 Å². The molecule has 1 N–H and O–H groups in total. The second kappa shape index (κ2) is 8.22. The molecule has 0 heterocycles. The molecule has 1 nitrogen and oxygen atoms in total. The Morgan fingerprint density at radius 3 is 2.00 bits per heavy atom. The highest BCUT2D eigenvalue weighted by Crippen LogP contribution is 2.19. The number of alkyl halides is 1. The lowest BCUT2D eigenvalue weighted by Gasteiger charge is -2.16. The Labute approximate surface area is 87.7 Å². The fraction of sp³-hybridized carbons (Fsp3) is 1.00. The van der Waals surface area contributed by atoms with Crippen molar-refractivity contribution in [2.24, 2.45) is 0 Å². The molecular weight excluding hydrogens is 179 g/mol. The van der Waals surface area contributed by atoms with Gasteiger partial charge in [0.2, 0.25) is 0 Å². The van der Waals surface area contributed by atoms with Crippen LogP contribution in [0.1, 0.15) is 65.2 Å². The summed E-state index contributed by atoms with van der Waals surface area (Å²) < 4.78 is 13.2. The molecule has 0 aliphatic rings. The summed E-state index contributed by atoms with van der Waals surface area (Å²) in [5.41, 5.74) is -1.36. The summed E-state index contributed by atoms with van der Waals surface area (Å²) in [5.74, 6) is 0. The summed E-state index contributed by atoms with van der Waals surface area (Å²) in [6.45, 7) is 3.34. The molecular formula is C12H25FO. The minimum absolute atomic E-state index is 0.344. The fourth-order valence-electron chi connectivity index (χ4n) is 1.53. The van der Waals surface area contributed by atoms with Crippen molar-refractivity contribution in [2.45, 2.75) is 70.9 Å². The molecule has 0 aromatic heterocycles. The molecule has 0 aromatic carbocycles. The van der Waals surface area contributed by atoms with E-state index in [0.29, 0.717) is 6.42 Å². The molecule has 0 radical (unpaired) electrons. The SMILES string of the molecule is CCCCCCCCCC(C)(F)CO. The van der Waals surface area contributed by atoms with Crippen LogP contribution >= 0.6 is 0 Å². The minimum atomic E-state index is -1.36. The van der Waals surface area contributed by atoms with E-state index < -0.39 is 5.67 Å². The maximum Gasteiger partial charge on any atom is 0.131 e. The number of halogens is 1. The molecule has 0 rings (SSSR count). The molecule has 0 spiro atoms. The van der Waals surface area contributed by atoms with Crippen LogP contribution in [0.4, 0.5) is 4.39 Å². The molecule has 0 fully saturated rings. The van der Waals surface area contributed by atoms with Crippen molar-refractivity contribution in [3.05, 3.63) is 0 Å². The Hall–Kier alpha value is -0.110. The number of rotatable bonds is 9. The van der Waals surface area contributed by atoms with Gasteiger partial charge in [-0.1, -0.05) is 51.9 Å². The Morgan fingerprint density at radius 2 is 1.50 bits per heavy atom. The van der Waals surface area contributed by atoms with Gasteiger partial charge in [0.25, 0.3) is 0 Å². The van der Waals surface area contributed by atoms with Crippen LogP contribution in [-0.4, -0.2) is 17.4 Å². The first kappa shape index (κ1) is 13.9. The zero-order chi connectivity index (χ0) is 10.9. The first-order chi connectivity index (χ1) is 6.62. The van der Waals surface area contributed by atoms with Crippen molar-refractivity contribution in [1.82, 2.24) is 0 Å². The summed E-state index contributed by atoms with van der Waals surface area (Å²) in [7, 11) is 0. The van der Waals surface area contributed by atoms with Crippen LogP contribution in [0.15, 0.2) is 0 Å². The van der Waals surface area contributed by atoms with Gasteiger partial charge in [-0.25, -0.2) is 4.39 Å². The van der Waals surface area contributed by atoms with E-state index in [9.17, 15) is 4.39 Å². The first-order valence-corrected chi connectivity index (χ1v) is 5.92. The van der Waals surface area contributed by atoms with E-state index in [4.69, 9.17) is 5.11 Å². The smallest absolute Gasteiger partial charge is 0.131 e. The zero-order valence-corrected chi connectivity index (χ0v) is 9.69. The summed E-state index contributed by atoms with van der Waals surface area (Å²) in [5, 5.41) is 8.69. The minimum Gasteiger partial charge on any atom is -0.393 e. The zero-order valence-electron chi connectivity index (χ0n) is 9.69. The van der Waals surface area contributed by atoms with Crippen molar-refractivity contribution in [1.29, 1.82) is 0 Å². The molecule has 0 saturated heterocycles. The lowest BCUT2D eigenvalue weighted by molar-refractivity contribution is 0.0772. The Balaban J connectivity index is 3.13. The topological polar surface area (TPSA) is 20.2 Å². The van der Waals surface area contributed by atoms with Crippen molar-refractivity contribution in [3.63, 3.8) is 0 Å². The molecule has 2 heteroatoms. The van der Waals surface area contributed by atoms with E-state index >= 15 is 0 Å². The predicted octanol–water partition coefficient (Wildman–Crippen LogP) is 3.85. The Bertz CT molecular complexity index is 123. The van der Waals surface area contributed by atoms with Gasteiger partial charge in [0, 0.05) is 0 Å². The number of unbranched alkanes of at least 4 members (excludes halogenated alkanes) is 6. The van der Waals surface area contributed by atoms with E-state index in [-0.39, 0.29) is 6.61 Å². The average Bonchev–Trinajstić information content (AvgIpc) is 2.16. The number of aliphatic hydroxyl groups excluding tert-OH is 1. The van der Waals surface area contributed by atoms with Gasteiger partial charge in [-0.2, -0.15) is 0 Å². The molecule has 0 aliphatic heterocycles. The van der Waals surface area contributed by atoms with Gasteiger partial charge in [0.05, 0.1) is 6.61 Å². The summed E-state index contributed by atoms with van der Waals surface area (Å²) >= 11 is 0. The first-order valence-electron chi connectivity index (χ1n) is 5.92. The maximum absolute atomic E-state index is 13.2. The molecule has 0 saturated carbocycles. The Morgan fingerprint density at radius 1 is 1.00 bits per heavy atom. The van der Waals surface area contributed by atoms with Gasteiger partial charge in [0.1, 0.15) is 5.67 Å². The third-order valence-corrected chi connectivity index (χ3v) is 2.63. The van der Waals surface area contributed by atoms with E-state index in [0.717, 1.165) is 12.8 Å².